The first kappa shape index (κ1) is 18.0. The van der Waals surface area contributed by atoms with Crippen LogP contribution in [-0.2, 0) is 9.31 Å². The van der Waals surface area contributed by atoms with Crippen molar-refractivity contribution in [2.45, 2.75) is 51.9 Å². The van der Waals surface area contributed by atoms with E-state index in [0.29, 0.717) is 11.2 Å². The molecule has 1 saturated heterocycles. The number of halogens is 1. The average Bonchev–Trinajstić information content (AvgIpc) is 2.76. The molecule has 0 spiro atoms. The molecule has 25 heavy (non-hydrogen) atoms. The number of benzene rings is 2. The Balaban J connectivity index is 1.76. The van der Waals surface area contributed by atoms with Gasteiger partial charge in [0.25, 0.3) is 0 Å². The number of rotatable bonds is 4. The molecule has 0 aromatic heterocycles. The first-order chi connectivity index (χ1) is 11.7. The van der Waals surface area contributed by atoms with E-state index in [1.807, 2.05) is 65.0 Å². The lowest BCUT2D eigenvalue weighted by Gasteiger charge is -2.32. The van der Waals surface area contributed by atoms with Gasteiger partial charge in [-0.25, -0.2) is 4.39 Å². The summed E-state index contributed by atoms with van der Waals surface area (Å²) in [5.41, 5.74) is 0.429. The molecule has 2 aromatic carbocycles. The van der Waals surface area contributed by atoms with Crippen LogP contribution in [0.25, 0.3) is 0 Å². The van der Waals surface area contributed by atoms with Gasteiger partial charge in [-0.3, -0.25) is 0 Å². The van der Waals surface area contributed by atoms with Crippen LogP contribution in [0.1, 0.15) is 46.3 Å². The van der Waals surface area contributed by atoms with Crippen molar-refractivity contribution in [2.24, 2.45) is 0 Å². The Bertz CT molecular complexity index is 730. The van der Waals surface area contributed by atoms with Gasteiger partial charge in [0.15, 0.2) is 0 Å². The molecule has 1 atom stereocenters. The SMILES string of the molecule is CC(Oc1ccc(B2OC(C)(C)C(C)(C)O2)c(F)c1)c1ccccc1. The largest absolute Gasteiger partial charge is 0.497 e. The van der Waals surface area contributed by atoms with Gasteiger partial charge in [0.05, 0.1) is 11.2 Å². The van der Waals surface area contributed by atoms with Gasteiger partial charge < -0.3 is 14.0 Å². The van der Waals surface area contributed by atoms with Crippen molar-refractivity contribution < 1.29 is 18.4 Å². The lowest BCUT2D eigenvalue weighted by molar-refractivity contribution is 0.00578. The van der Waals surface area contributed by atoms with Gasteiger partial charge in [-0.05, 0) is 46.2 Å². The molecule has 5 heteroatoms. The van der Waals surface area contributed by atoms with E-state index in [4.69, 9.17) is 14.0 Å². The highest BCUT2D eigenvalue weighted by Crippen LogP contribution is 2.36. The van der Waals surface area contributed by atoms with Crippen LogP contribution < -0.4 is 10.2 Å². The summed E-state index contributed by atoms with van der Waals surface area (Å²) in [6, 6.07) is 14.6. The quantitative estimate of drug-likeness (QED) is 0.777. The Labute approximate surface area is 149 Å². The Morgan fingerprint density at radius 2 is 1.56 bits per heavy atom. The first-order valence-electron chi connectivity index (χ1n) is 8.56. The third kappa shape index (κ3) is 3.58. The Hall–Kier alpha value is -1.85. The molecular formula is C20H24BFO3. The summed E-state index contributed by atoms with van der Waals surface area (Å²) >= 11 is 0. The predicted octanol–water partition coefficient (Wildman–Crippen LogP) is 4.26. The molecule has 0 radical (unpaired) electrons. The molecule has 1 fully saturated rings. The van der Waals surface area contributed by atoms with Gasteiger partial charge in [-0.1, -0.05) is 36.4 Å². The van der Waals surface area contributed by atoms with Crippen LogP contribution in [0, 0.1) is 5.82 Å². The van der Waals surface area contributed by atoms with Gasteiger partial charge in [0, 0.05) is 11.5 Å². The molecule has 1 aliphatic rings. The van der Waals surface area contributed by atoms with E-state index in [0.717, 1.165) is 5.56 Å². The molecule has 0 bridgehead atoms. The van der Waals surface area contributed by atoms with Crippen LogP contribution in [0.2, 0.25) is 0 Å². The second-order valence-electron chi connectivity index (χ2n) is 7.44. The van der Waals surface area contributed by atoms with E-state index in [1.165, 1.54) is 6.07 Å². The van der Waals surface area contributed by atoms with Crippen molar-refractivity contribution in [3.8, 4) is 5.75 Å². The lowest BCUT2D eigenvalue weighted by Crippen LogP contribution is -2.41. The third-order valence-electron chi connectivity index (χ3n) is 5.06. The molecule has 132 valence electrons. The zero-order valence-electron chi connectivity index (χ0n) is 15.4. The summed E-state index contributed by atoms with van der Waals surface area (Å²) in [6.07, 6.45) is -0.164. The second-order valence-corrected chi connectivity index (χ2v) is 7.44. The standard InChI is InChI=1S/C20H24BFO3/c1-14(15-9-7-6-8-10-15)23-16-11-12-17(18(22)13-16)21-24-19(2,3)20(4,5)25-21/h6-14H,1-5H3. The lowest BCUT2D eigenvalue weighted by atomic mass is 9.78. The maximum atomic E-state index is 14.6. The van der Waals surface area contributed by atoms with E-state index in [1.54, 1.807) is 12.1 Å². The summed E-state index contributed by atoms with van der Waals surface area (Å²) in [5, 5.41) is 0. The molecule has 1 aliphatic heterocycles. The smallest absolute Gasteiger partial charge is 0.486 e. The second kappa shape index (κ2) is 6.47. The van der Waals surface area contributed by atoms with Crippen molar-refractivity contribution in [3.05, 3.63) is 59.9 Å². The van der Waals surface area contributed by atoms with Crippen molar-refractivity contribution in [1.29, 1.82) is 0 Å². The van der Waals surface area contributed by atoms with Gasteiger partial charge in [0.2, 0.25) is 0 Å². The van der Waals surface area contributed by atoms with E-state index in [9.17, 15) is 4.39 Å². The van der Waals surface area contributed by atoms with Gasteiger partial charge in [-0.15, -0.1) is 0 Å². The highest BCUT2D eigenvalue weighted by Gasteiger charge is 2.52. The minimum absolute atomic E-state index is 0.164. The van der Waals surface area contributed by atoms with Crippen molar-refractivity contribution in [1.82, 2.24) is 0 Å². The van der Waals surface area contributed by atoms with E-state index < -0.39 is 24.1 Å². The Morgan fingerprint density at radius 3 is 2.12 bits per heavy atom. The highest BCUT2D eigenvalue weighted by atomic mass is 19.1. The highest BCUT2D eigenvalue weighted by molar-refractivity contribution is 6.62. The topological polar surface area (TPSA) is 27.7 Å². The number of hydrogen-bond donors (Lipinski definition) is 0. The van der Waals surface area contributed by atoms with Crippen LogP contribution in [0.5, 0.6) is 5.75 Å². The molecule has 1 heterocycles. The van der Waals surface area contributed by atoms with Crippen LogP contribution in [0.3, 0.4) is 0 Å². The molecule has 0 saturated carbocycles. The molecule has 3 rings (SSSR count). The molecule has 0 aliphatic carbocycles. The molecule has 3 nitrogen and oxygen atoms in total. The first-order valence-corrected chi connectivity index (χ1v) is 8.56. The Kier molecular flexibility index (Phi) is 4.65. The van der Waals surface area contributed by atoms with E-state index in [2.05, 4.69) is 0 Å². The predicted molar refractivity (Wildman–Crippen MR) is 97.6 cm³/mol. The number of ether oxygens (including phenoxy) is 1. The number of hydrogen-bond acceptors (Lipinski definition) is 3. The molecule has 0 amide bonds. The molecule has 2 aromatic rings. The van der Waals surface area contributed by atoms with Crippen LogP contribution in [0.4, 0.5) is 4.39 Å². The zero-order valence-corrected chi connectivity index (χ0v) is 15.4. The molecule has 1 unspecified atom stereocenters. The van der Waals surface area contributed by atoms with Crippen molar-refractivity contribution >= 4 is 12.6 Å². The van der Waals surface area contributed by atoms with Crippen molar-refractivity contribution in [2.75, 3.05) is 0 Å². The monoisotopic (exact) mass is 342 g/mol. The fraction of sp³-hybridized carbons (Fsp3) is 0.400. The Morgan fingerprint density at radius 1 is 0.960 bits per heavy atom. The van der Waals surface area contributed by atoms with Gasteiger partial charge in [0.1, 0.15) is 17.7 Å². The zero-order chi connectivity index (χ0) is 18.2. The van der Waals surface area contributed by atoms with Crippen LogP contribution in [0.15, 0.2) is 48.5 Å². The van der Waals surface area contributed by atoms with E-state index >= 15 is 0 Å². The van der Waals surface area contributed by atoms with Gasteiger partial charge in [-0.2, -0.15) is 0 Å². The summed E-state index contributed by atoms with van der Waals surface area (Å²) in [5.74, 6) is 0.0883. The minimum atomic E-state index is -0.717. The van der Waals surface area contributed by atoms with E-state index in [-0.39, 0.29) is 6.10 Å². The van der Waals surface area contributed by atoms with Crippen LogP contribution in [-0.4, -0.2) is 18.3 Å². The fourth-order valence-corrected chi connectivity index (χ4v) is 2.74. The summed E-state index contributed by atoms with van der Waals surface area (Å²) in [4.78, 5) is 0. The summed E-state index contributed by atoms with van der Waals surface area (Å²) in [6.45, 7) is 9.73. The fourth-order valence-electron chi connectivity index (χ4n) is 2.74. The summed E-state index contributed by atoms with van der Waals surface area (Å²) < 4.78 is 32.3. The maximum absolute atomic E-state index is 14.6. The third-order valence-corrected chi connectivity index (χ3v) is 5.06. The molecule has 0 N–H and O–H groups in total. The van der Waals surface area contributed by atoms with Gasteiger partial charge >= 0.3 is 7.12 Å². The van der Waals surface area contributed by atoms with Crippen molar-refractivity contribution in [3.63, 3.8) is 0 Å². The summed E-state index contributed by atoms with van der Waals surface area (Å²) in [7, 11) is -0.717. The maximum Gasteiger partial charge on any atom is 0.497 e. The minimum Gasteiger partial charge on any atom is -0.486 e. The normalized spacial score (nSPS) is 19.7. The van der Waals surface area contributed by atoms with Crippen LogP contribution >= 0.6 is 0 Å². The average molecular weight is 342 g/mol. The molecular weight excluding hydrogens is 318 g/mol.